The lowest BCUT2D eigenvalue weighted by Gasteiger charge is -2.40. The molecule has 10 nitrogen and oxygen atoms in total. The Bertz CT molecular complexity index is 1400. The molecule has 1 aliphatic rings. The number of nitrogens with zero attached hydrogens (tertiary/aromatic N) is 4. The minimum absolute atomic E-state index is 0.0140. The molecule has 1 saturated heterocycles. The monoisotopic (exact) mass is 580 g/mol. The fourth-order valence-corrected chi connectivity index (χ4v) is 4.73. The summed E-state index contributed by atoms with van der Waals surface area (Å²) in [6.07, 6.45) is -1.42. The molecular weight excluding hydrogens is 556 g/mol. The van der Waals surface area contributed by atoms with Crippen LogP contribution in [0.4, 0.5) is 29.1 Å². The molecule has 40 heavy (non-hydrogen) atoms. The maximum atomic E-state index is 14.9. The molecule has 1 fully saturated rings. The smallest absolute Gasteiger partial charge is 0.370 e. The Morgan fingerprint density at radius 1 is 1.27 bits per heavy atom. The van der Waals surface area contributed by atoms with Crippen LogP contribution in [-0.2, 0) is 4.79 Å². The number of halogens is 5. The van der Waals surface area contributed by atoms with E-state index in [2.05, 4.69) is 42.7 Å². The highest BCUT2D eigenvalue weighted by Gasteiger charge is 2.47. The van der Waals surface area contributed by atoms with E-state index in [4.69, 9.17) is 11.6 Å². The van der Waals surface area contributed by atoms with E-state index in [0.29, 0.717) is 23.0 Å². The molecule has 212 valence electrons. The predicted octanol–water partition coefficient (Wildman–Crippen LogP) is 3.88. The van der Waals surface area contributed by atoms with Crippen molar-refractivity contribution in [3.63, 3.8) is 0 Å². The fraction of sp³-hybridized carbons (Fsp3) is 0.320. The van der Waals surface area contributed by atoms with Crippen molar-refractivity contribution < 1.29 is 27.2 Å². The fourth-order valence-electron chi connectivity index (χ4n) is 4.54. The van der Waals surface area contributed by atoms with Crippen molar-refractivity contribution in [2.45, 2.75) is 24.7 Å². The van der Waals surface area contributed by atoms with Crippen LogP contribution in [0, 0.1) is 11.7 Å². The van der Waals surface area contributed by atoms with Crippen LogP contribution in [-0.4, -0.2) is 75.3 Å². The summed E-state index contributed by atoms with van der Waals surface area (Å²) in [4.78, 5) is 34.2. The number of rotatable bonds is 8. The molecule has 4 N–H and O–H groups in total. The summed E-state index contributed by atoms with van der Waals surface area (Å²) in [7, 11) is 1.64. The first-order valence-electron chi connectivity index (χ1n) is 12.0. The molecule has 3 aromatic heterocycles. The SMILES string of the molecule is C=CC(=O)NC1CC(C(Nc2cnc(NC(=O)c3cccc(-c4[nH]ncc4Cl)n3)cc2F)C(F)(F)F)CN(C)C1. The standard InChI is InChI=1S/C25H25ClF4N8O2/c1-3-21(39)33-14-7-13(11-38(2)12-14)23(25(28,29)30)35-19-10-31-20(8-16(19)27)36-24(40)18-6-4-5-17(34-18)22-15(26)9-32-37-22/h3-6,8-10,13-14,23,35H,1,7,11-12H2,2H3,(H,32,37)(H,33,39)(H,31,36,40). The number of carbonyl (C=O) groups is 2. The van der Waals surface area contributed by atoms with Crippen LogP contribution in [0.25, 0.3) is 11.4 Å². The third kappa shape index (κ3) is 6.93. The van der Waals surface area contributed by atoms with Crippen molar-refractivity contribution in [3.05, 3.63) is 65.8 Å². The summed E-state index contributed by atoms with van der Waals surface area (Å²) in [6, 6.07) is 2.71. The number of anilines is 2. The summed E-state index contributed by atoms with van der Waals surface area (Å²) < 4.78 is 57.2. The molecule has 0 spiro atoms. The Hall–Kier alpha value is -4.04. The number of H-pyrrole nitrogens is 1. The Morgan fingerprint density at radius 3 is 2.70 bits per heavy atom. The van der Waals surface area contributed by atoms with Crippen LogP contribution in [0.15, 0.2) is 49.3 Å². The second-order valence-corrected chi connectivity index (χ2v) is 9.70. The van der Waals surface area contributed by atoms with Crippen LogP contribution < -0.4 is 16.0 Å². The van der Waals surface area contributed by atoms with Crippen molar-refractivity contribution in [2.75, 3.05) is 30.8 Å². The van der Waals surface area contributed by atoms with Crippen molar-refractivity contribution in [1.29, 1.82) is 0 Å². The van der Waals surface area contributed by atoms with Gasteiger partial charge in [-0.2, -0.15) is 18.3 Å². The van der Waals surface area contributed by atoms with Gasteiger partial charge in [0.15, 0.2) is 5.82 Å². The Labute approximate surface area is 231 Å². The Balaban J connectivity index is 1.48. The van der Waals surface area contributed by atoms with E-state index in [9.17, 15) is 27.2 Å². The first-order valence-corrected chi connectivity index (χ1v) is 12.4. The van der Waals surface area contributed by atoms with E-state index >= 15 is 0 Å². The predicted molar refractivity (Wildman–Crippen MR) is 140 cm³/mol. The van der Waals surface area contributed by atoms with Gasteiger partial charge in [-0.25, -0.2) is 14.4 Å². The second-order valence-electron chi connectivity index (χ2n) is 9.29. The normalized spacial score (nSPS) is 18.6. The number of alkyl halides is 3. The van der Waals surface area contributed by atoms with E-state index in [1.807, 2.05) is 0 Å². The van der Waals surface area contributed by atoms with Gasteiger partial charge in [0.05, 0.1) is 28.8 Å². The number of carbonyl (C=O) groups excluding carboxylic acids is 2. The van der Waals surface area contributed by atoms with Gasteiger partial charge in [-0.05, 0) is 31.7 Å². The minimum atomic E-state index is -4.73. The summed E-state index contributed by atoms with van der Waals surface area (Å²) in [5, 5.41) is 14.0. The lowest BCUT2D eigenvalue weighted by molar-refractivity contribution is -0.157. The number of nitrogens with one attached hydrogen (secondary N) is 4. The Morgan fingerprint density at radius 2 is 2.05 bits per heavy atom. The lowest BCUT2D eigenvalue weighted by Crippen LogP contribution is -2.55. The molecule has 15 heteroatoms. The average molecular weight is 581 g/mol. The molecular formula is C25H25ClF4N8O2. The molecule has 3 atom stereocenters. The van der Waals surface area contributed by atoms with Crippen molar-refractivity contribution >= 4 is 34.9 Å². The number of pyridine rings is 2. The van der Waals surface area contributed by atoms with Crippen LogP contribution in [0.1, 0.15) is 16.9 Å². The highest BCUT2D eigenvalue weighted by atomic mass is 35.5. The molecule has 0 saturated carbocycles. The van der Waals surface area contributed by atoms with Crippen LogP contribution in [0.3, 0.4) is 0 Å². The number of hydrogen-bond acceptors (Lipinski definition) is 7. The molecule has 2 amide bonds. The van der Waals surface area contributed by atoms with Gasteiger partial charge in [-0.15, -0.1) is 0 Å². The van der Waals surface area contributed by atoms with Gasteiger partial charge >= 0.3 is 6.18 Å². The van der Waals surface area contributed by atoms with Crippen LogP contribution >= 0.6 is 11.6 Å². The van der Waals surface area contributed by atoms with Gasteiger partial charge < -0.3 is 20.9 Å². The zero-order valence-electron chi connectivity index (χ0n) is 21.1. The number of piperidine rings is 1. The molecule has 3 aromatic rings. The quantitative estimate of drug-likeness (QED) is 0.235. The first kappa shape index (κ1) is 29.0. The van der Waals surface area contributed by atoms with Gasteiger partial charge in [-0.1, -0.05) is 24.2 Å². The summed E-state index contributed by atoms with van der Waals surface area (Å²) in [6.45, 7) is 3.78. The maximum absolute atomic E-state index is 14.9. The van der Waals surface area contributed by atoms with Crippen LogP contribution in [0.5, 0.6) is 0 Å². The topological polar surface area (TPSA) is 128 Å². The van der Waals surface area contributed by atoms with Gasteiger partial charge in [0, 0.05) is 31.1 Å². The number of hydrogen-bond donors (Lipinski definition) is 4. The van der Waals surface area contributed by atoms with Crippen molar-refractivity contribution in [2.24, 2.45) is 5.92 Å². The van der Waals surface area contributed by atoms with Gasteiger partial charge in [-0.3, -0.25) is 14.7 Å². The maximum Gasteiger partial charge on any atom is 0.408 e. The summed E-state index contributed by atoms with van der Waals surface area (Å²) in [5.41, 5.74) is 0.207. The number of aromatic nitrogens is 4. The van der Waals surface area contributed by atoms with Crippen molar-refractivity contribution in [3.8, 4) is 11.4 Å². The average Bonchev–Trinajstić information content (AvgIpc) is 3.33. The molecule has 0 bridgehead atoms. The highest BCUT2D eigenvalue weighted by molar-refractivity contribution is 6.32. The first-order chi connectivity index (χ1) is 18.9. The van der Waals surface area contributed by atoms with E-state index < -0.39 is 47.5 Å². The molecule has 4 rings (SSSR count). The zero-order valence-corrected chi connectivity index (χ0v) is 21.9. The number of aromatic amines is 1. The van der Waals surface area contributed by atoms with Gasteiger partial charge in [0.1, 0.15) is 23.2 Å². The second kappa shape index (κ2) is 12.0. The number of likely N-dealkylation sites (N-methyl/N-ethyl adjacent to an activating group) is 1. The lowest BCUT2D eigenvalue weighted by atomic mass is 9.87. The van der Waals surface area contributed by atoms with Gasteiger partial charge in [0.25, 0.3) is 5.91 Å². The molecule has 0 radical (unpaired) electrons. The number of amides is 2. The third-order valence-corrected chi connectivity index (χ3v) is 6.54. The van der Waals surface area contributed by atoms with E-state index in [1.165, 1.54) is 12.3 Å². The van der Waals surface area contributed by atoms with E-state index in [0.717, 1.165) is 18.3 Å². The van der Waals surface area contributed by atoms with E-state index in [-0.39, 0.29) is 24.5 Å². The molecule has 0 aromatic carbocycles. The summed E-state index contributed by atoms with van der Waals surface area (Å²) in [5.74, 6) is -3.50. The molecule has 1 aliphatic heterocycles. The highest BCUT2D eigenvalue weighted by Crippen LogP contribution is 2.34. The van der Waals surface area contributed by atoms with Crippen LogP contribution in [0.2, 0.25) is 5.02 Å². The minimum Gasteiger partial charge on any atom is -0.370 e. The Kier molecular flexibility index (Phi) is 8.69. The third-order valence-electron chi connectivity index (χ3n) is 6.26. The van der Waals surface area contributed by atoms with Gasteiger partial charge in [0.2, 0.25) is 5.91 Å². The zero-order chi connectivity index (χ0) is 29.0. The molecule has 0 aliphatic carbocycles. The largest absolute Gasteiger partial charge is 0.408 e. The molecule has 3 unspecified atom stereocenters. The van der Waals surface area contributed by atoms with E-state index in [1.54, 1.807) is 24.1 Å². The molecule has 4 heterocycles. The number of likely N-dealkylation sites (tertiary alicyclic amines) is 1. The van der Waals surface area contributed by atoms with Crippen molar-refractivity contribution in [1.82, 2.24) is 30.4 Å². The summed E-state index contributed by atoms with van der Waals surface area (Å²) >= 11 is 6.04.